The molecule has 6 aromatic rings. The van der Waals surface area contributed by atoms with Crippen molar-refractivity contribution in [1.29, 1.82) is 0 Å². The number of hydrogen-bond donors (Lipinski definition) is 6. The zero-order valence-corrected chi connectivity index (χ0v) is 31.3. The van der Waals surface area contributed by atoms with Crippen molar-refractivity contribution >= 4 is 76.5 Å². The van der Waals surface area contributed by atoms with Crippen LogP contribution in [0.1, 0.15) is 11.1 Å². The minimum Gasteiger partial charge on any atom is -0.508 e. The van der Waals surface area contributed by atoms with E-state index in [4.69, 9.17) is 16.2 Å². The second-order valence-electron chi connectivity index (χ2n) is 12.3. The molecule has 0 unspecified atom stereocenters. The van der Waals surface area contributed by atoms with Crippen molar-refractivity contribution in [1.82, 2.24) is 0 Å². The van der Waals surface area contributed by atoms with Crippen molar-refractivity contribution in [3.05, 3.63) is 102 Å². The molecular weight excluding hydrogens is 765 g/mol. The Morgan fingerprint density at radius 2 is 1.09 bits per heavy atom. The highest BCUT2D eigenvalue weighted by Gasteiger charge is 2.28. The Kier molecular flexibility index (Phi) is 10.5. The van der Waals surface area contributed by atoms with Crippen molar-refractivity contribution in [2.24, 2.45) is 30.7 Å². The quantitative estimate of drug-likeness (QED) is 0.0431. The number of hydrogen-bond acceptors (Lipinski definition) is 15. The van der Waals surface area contributed by atoms with Crippen LogP contribution in [0.5, 0.6) is 17.2 Å². The zero-order chi connectivity index (χ0) is 40.5. The van der Waals surface area contributed by atoms with Gasteiger partial charge in [-0.05, 0) is 114 Å². The second kappa shape index (κ2) is 15.1. The van der Waals surface area contributed by atoms with Crippen LogP contribution in [0.2, 0.25) is 0 Å². The van der Waals surface area contributed by atoms with Crippen LogP contribution in [0.25, 0.3) is 21.9 Å². The molecule has 0 radical (unpaired) electrons. The number of nitrogen functional groups attached to an aromatic ring is 2. The van der Waals surface area contributed by atoms with Gasteiger partial charge in [-0.15, -0.1) is 15.3 Å². The molecular formula is C37H32N8O9S2. The number of anilines is 2. The summed E-state index contributed by atoms with van der Waals surface area (Å²) in [4.78, 5) is -1.77. The number of nitrogens with zero attached hydrogens (tertiary/aromatic N) is 6. The van der Waals surface area contributed by atoms with E-state index >= 15 is 0 Å². The molecule has 8 N–H and O–H groups in total. The highest BCUT2D eigenvalue weighted by molar-refractivity contribution is 7.86. The lowest BCUT2D eigenvalue weighted by atomic mass is 10.0. The van der Waals surface area contributed by atoms with E-state index in [0.717, 1.165) is 28.8 Å². The first-order valence-corrected chi connectivity index (χ1v) is 19.1. The van der Waals surface area contributed by atoms with E-state index in [0.29, 0.717) is 28.4 Å². The lowest BCUT2D eigenvalue weighted by Gasteiger charge is -2.14. The summed E-state index contributed by atoms with van der Waals surface area (Å²) in [5, 5.41) is 44.8. The Morgan fingerprint density at radius 3 is 1.61 bits per heavy atom. The maximum Gasteiger partial charge on any atom is 0.296 e. The fraction of sp³-hybridized carbons (Fsp3) is 0.0811. The predicted molar refractivity (Wildman–Crippen MR) is 209 cm³/mol. The molecule has 0 spiro atoms. The summed E-state index contributed by atoms with van der Waals surface area (Å²) < 4.78 is 75.1. The summed E-state index contributed by atoms with van der Waals surface area (Å²) in [5.41, 5.74) is 15.4. The lowest BCUT2D eigenvalue weighted by Crippen LogP contribution is -2.03. The van der Waals surface area contributed by atoms with Gasteiger partial charge in [-0.25, -0.2) is 0 Å². The Balaban J connectivity index is 1.37. The molecule has 6 rings (SSSR count). The van der Waals surface area contributed by atoms with Crippen molar-refractivity contribution in [2.75, 3.05) is 18.6 Å². The van der Waals surface area contributed by atoms with Gasteiger partial charge >= 0.3 is 0 Å². The third-order valence-electron chi connectivity index (χ3n) is 8.47. The number of phenols is 2. The van der Waals surface area contributed by atoms with E-state index < -0.39 is 52.8 Å². The van der Waals surface area contributed by atoms with Gasteiger partial charge in [0.2, 0.25) is 0 Å². The fourth-order valence-corrected chi connectivity index (χ4v) is 6.93. The molecule has 0 bridgehead atoms. The number of phenolic OH excluding ortho intramolecular Hbond substituents is 2. The molecule has 0 heterocycles. The predicted octanol–water partition coefficient (Wildman–Crippen LogP) is 9.45. The van der Waals surface area contributed by atoms with Crippen LogP contribution in [0.3, 0.4) is 0 Å². The van der Waals surface area contributed by atoms with Crippen molar-refractivity contribution in [2.45, 2.75) is 23.6 Å². The number of ether oxygens (including phenoxy) is 1. The van der Waals surface area contributed by atoms with Gasteiger partial charge in [0.15, 0.2) is 5.75 Å². The highest BCUT2D eigenvalue weighted by Crippen LogP contribution is 2.48. The average molecular weight is 797 g/mol. The number of nitrogens with two attached hydrogens (primary N) is 2. The number of azo groups is 3. The lowest BCUT2D eigenvalue weighted by molar-refractivity contribution is 0.415. The molecule has 286 valence electrons. The van der Waals surface area contributed by atoms with Crippen LogP contribution in [0.15, 0.2) is 131 Å². The molecule has 0 atom stereocenters. The first-order chi connectivity index (χ1) is 26.4. The number of aryl methyl sites for hydroxylation is 2. The Hall–Kier alpha value is -6.80. The van der Waals surface area contributed by atoms with Crippen LogP contribution in [-0.4, -0.2) is 43.3 Å². The normalized spacial score (nSPS) is 12.4. The summed E-state index contributed by atoms with van der Waals surface area (Å²) in [6.07, 6.45) is 0. The number of benzene rings is 6. The zero-order valence-electron chi connectivity index (χ0n) is 29.6. The molecule has 6 aromatic carbocycles. The van der Waals surface area contributed by atoms with E-state index in [-0.39, 0.29) is 27.9 Å². The molecule has 0 amide bonds. The van der Waals surface area contributed by atoms with Crippen LogP contribution < -0.4 is 16.2 Å². The van der Waals surface area contributed by atoms with Gasteiger partial charge in [-0.2, -0.15) is 32.2 Å². The van der Waals surface area contributed by atoms with Gasteiger partial charge in [0, 0.05) is 6.07 Å². The highest BCUT2D eigenvalue weighted by atomic mass is 32.2. The van der Waals surface area contributed by atoms with Crippen LogP contribution in [0, 0.1) is 13.8 Å². The second-order valence-corrected chi connectivity index (χ2v) is 15.1. The van der Waals surface area contributed by atoms with E-state index in [1.165, 1.54) is 31.4 Å². The van der Waals surface area contributed by atoms with Crippen LogP contribution in [0.4, 0.5) is 45.5 Å². The molecule has 0 aliphatic carbocycles. The first kappa shape index (κ1) is 38.9. The molecule has 0 aliphatic heterocycles. The Morgan fingerprint density at radius 1 is 0.589 bits per heavy atom. The molecule has 56 heavy (non-hydrogen) atoms. The SMILES string of the molecule is COc1ccc(N=Nc2c(S(=O)(=O)O)cc3cc(S(=O)(=O)O)c(N=Nc4ccc(-c5ccc(N=Nc6ccc(O)cc6N)c(C)c5)cc4C)c(N)c3c2O)cc1. The summed E-state index contributed by atoms with van der Waals surface area (Å²) >= 11 is 0. The molecule has 0 saturated carbocycles. The van der Waals surface area contributed by atoms with Crippen LogP contribution in [-0.2, 0) is 20.2 Å². The molecule has 19 heteroatoms. The van der Waals surface area contributed by atoms with Gasteiger partial charge in [0.05, 0.1) is 40.9 Å². The van der Waals surface area contributed by atoms with Gasteiger partial charge in [-0.1, -0.05) is 12.1 Å². The van der Waals surface area contributed by atoms with Crippen LogP contribution >= 0.6 is 0 Å². The summed E-state index contributed by atoms with van der Waals surface area (Å²) in [5.74, 6) is -0.354. The molecule has 0 saturated heterocycles. The van der Waals surface area contributed by atoms with Crippen molar-refractivity contribution in [3.8, 4) is 28.4 Å². The molecule has 0 aromatic heterocycles. The topological polar surface area (TPSA) is 285 Å². The maximum absolute atomic E-state index is 12.6. The van der Waals surface area contributed by atoms with Gasteiger partial charge in [-0.3, -0.25) is 9.11 Å². The summed E-state index contributed by atoms with van der Waals surface area (Å²) in [6.45, 7) is 3.61. The van der Waals surface area contributed by atoms with E-state index in [2.05, 4.69) is 30.7 Å². The molecule has 0 fully saturated rings. The van der Waals surface area contributed by atoms with E-state index in [1.54, 1.807) is 43.3 Å². The van der Waals surface area contributed by atoms with Gasteiger partial charge in [0.25, 0.3) is 20.2 Å². The van der Waals surface area contributed by atoms with E-state index in [9.17, 15) is 36.2 Å². The third-order valence-corrected chi connectivity index (χ3v) is 10.2. The number of rotatable bonds is 10. The minimum absolute atomic E-state index is 0.0184. The number of methoxy groups -OCH3 is 1. The smallest absolute Gasteiger partial charge is 0.296 e. The van der Waals surface area contributed by atoms with Gasteiger partial charge in [0.1, 0.15) is 38.4 Å². The monoisotopic (exact) mass is 796 g/mol. The fourth-order valence-electron chi connectivity index (χ4n) is 5.60. The molecule has 17 nitrogen and oxygen atoms in total. The Labute approximate surface area is 319 Å². The first-order valence-electron chi connectivity index (χ1n) is 16.2. The maximum atomic E-state index is 12.6. The Bertz CT molecular complexity index is 2860. The van der Waals surface area contributed by atoms with Gasteiger partial charge < -0.3 is 26.4 Å². The summed E-state index contributed by atoms with van der Waals surface area (Å²) in [7, 11) is -8.69. The van der Waals surface area contributed by atoms with Crippen molar-refractivity contribution in [3.63, 3.8) is 0 Å². The standard InChI is InChI=1S/C37H32N8O9S2/c1-19-14-21(4-11-28(19)41-43-30-13-8-25(46)18-27(30)38)22-5-12-29(20(2)15-22)42-44-35-31(55(48,49)50)16-23-17-32(56(51,52)53)36(37(47)33(23)34(35)39)45-40-24-6-9-26(54-3)10-7-24/h4-18,46-47H,38-39H2,1-3H3,(H,48,49,50)(H,51,52,53). The number of aromatic hydroxyl groups is 2. The summed E-state index contributed by atoms with van der Waals surface area (Å²) in [6, 6.07) is 22.9. The largest absolute Gasteiger partial charge is 0.508 e. The third kappa shape index (κ3) is 8.15. The van der Waals surface area contributed by atoms with E-state index in [1.807, 2.05) is 25.1 Å². The number of fused-ring (bicyclic) bond motifs is 1. The van der Waals surface area contributed by atoms with Crippen molar-refractivity contribution < 1.29 is 40.9 Å². The average Bonchev–Trinajstić information content (AvgIpc) is 3.13. The molecule has 0 aliphatic rings. The minimum atomic E-state index is -5.08.